The van der Waals surface area contributed by atoms with Crippen LogP contribution in [0.25, 0.3) is 0 Å². The van der Waals surface area contributed by atoms with Gasteiger partial charge in [0.25, 0.3) is 0 Å². The first-order chi connectivity index (χ1) is 11.0. The Morgan fingerprint density at radius 3 is 2.46 bits per heavy atom. The first-order valence-electron chi connectivity index (χ1n) is 9.15. The molecule has 2 N–H and O–H groups in total. The lowest BCUT2D eigenvalue weighted by Gasteiger charge is -2.18. The fraction of sp³-hybridized carbons (Fsp3) is 0.944. The lowest BCUT2D eigenvalue weighted by molar-refractivity contribution is 0.0168. The molecule has 1 rings (SSSR count). The first kappa shape index (κ1) is 23.9. The number of nitrogens with zero attached hydrogens (tertiary/aromatic N) is 1. The molecule has 5 nitrogen and oxygen atoms in total. The van der Waals surface area contributed by atoms with Gasteiger partial charge in [0.2, 0.25) is 0 Å². The molecule has 0 radical (unpaired) electrons. The number of unbranched alkanes of at least 4 members (excludes halogenated alkanes) is 1. The van der Waals surface area contributed by atoms with E-state index < -0.39 is 0 Å². The average Bonchev–Trinajstić information content (AvgIpc) is 3.00. The summed E-state index contributed by atoms with van der Waals surface area (Å²) >= 11 is 0. The molecule has 144 valence electrons. The minimum atomic E-state index is 0. The van der Waals surface area contributed by atoms with E-state index in [0.717, 1.165) is 51.7 Å². The standard InChI is InChI=1S/C18H37N3O2.HI/c1-18(2,3)10-5-6-11-20-17(19-4)21-12-8-13-22-15-16-9-7-14-23-16;/h16H,5-15H2,1-4H3,(H2,19,20,21);1H. The van der Waals surface area contributed by atoms with Crippen LogP contribution in [0.4, 0.5) is 0 Å². The van der Waals surface area contributed by atoms with E-state index in [1.807, 2.05) is 7.05 Å². The molecule has 1 unspecified atom stereocenters. The molecule has 1 saturated heterocycles. The summed E-state index contributed by atoms with van der Waals surface area (Å²) in [5.41, 5.74) is 0.434. The SMILES string of the molecule is CN=C(NCCCCC(C)(C)C)NCCCOCC1CCCO1.I. The maximum Gasteiger partial charge on any atom is 0.190 e. The summed E-state index contributed by atoms with van der Waals surface area (Å²) in [5.74, 6) is 0.889. The predicted octanol–water partition coefficient (Wildman–Crippen LogP) is 3.57. The third kappa shape index (κ3) is 13.2. The van der Waals surface area contributed by atoms with Crippen LogP contribution in [0.2, 0.25) is 0 Å². The second-order valence-corrected chi connectivity index (χ2v) is 7.51. The fourth-order valence-corrected chi connectivity index (χ4v) is 2.58. The number of ether oxygens (including phenoxy) is 2. The van der Waals surface area contributed by atoms with Crippen molar-refractivity contribution in [3.8, 4) is 0 Å². The van der Waals surface area contributed by atoms with Gasteiger partial charge in [-0.3, -0.25) is 4.99 Å². The van der Waals surface area contributed by atoms with Crippen LogP contribution in [-0.2, 0) is 9.47 Å². The highest BCUT2D eigenvalue weighted by Gasteiger charge is 2.14. The largest absolute Gasteiger partial charge is 0.379 e. The number of halogens is 1. The molecule has 0 aromatic rings. The van der Waals surface area contributed by atoms with Crippen molar-refractivity contribution < 1.29 is 9.47 Å². The summed E-state index contributed by atoms with van der Waals surface area (Å²) in [5, 5.41) is 6.70. The Kier molecular flexibility index (Phi) is 14.1. The third-order valence-electron chi connectivity index (χ3n) is 3.96. The van der Waals surface area contributed by atoms with Crippen LogP contribution in [0, 0.1) is 5.41 Å². The van der Waals surface area contributed by atoms with Gasteiger partial charge in [-0.2, -0.15) is 0 Å². The summed E-state index contributed by atoms with van der Waals surface area (Å²) in [4.78, 5) is 4.25. The van der Waals surface area contributed by atoms with Gasteiger partial charge < -0.3 is 20.1 Å². The number of aliphatic imine (C=N–C) groups is 1. The zero-order chi connectivity index (χ0) is 17.0. The number of hydrogen-bond donors (Lipinski definition) is 2. The van der Waals surface area contributed by atoms with E-state index in [9.17, 15) is 0 Å². The predicted molar refractivity (Wildman–Crippen MR) is 112 cm³/mol. The third-order valence-corrected chi connectivity index (χ3v) is 3.96. The van der Waals surface area contributed by atoms with Crippen LogP contribution < -0.4 is 10.6 Å². The van der Waals surface area contributed by atoms with E-state index in [0.29, 0.717) is 11.5 Å². The molecule has 0 amide bonds. The van der Waals surface area contributed by atoms with Gasteiger partial charge in [-0.25, -0.2) is 0 Å². The molecule has 0 aliphatic carbocycles. The summed E-state index contributed by atoms with van der Waals surface area (Å²) in [6, 6.07) is 0. The summed E-state index contributed by atoms with van der Waals surface area (Å²) in [6.45, 7) is 11.1. The Bertz CT molecular complexity index is 327. The van der Waals surface area contributed by atoms with Gasteiger partial charge in [0.15, 0.2) is 5.96 Å². The molecule has 1 atom stereocenters. The topological polar surface area (TPSA) is 54.9 Å². The van der Waals surface area contributed by atoms with E-state index in [1.165, 1.54) is 25.7 Å². The Morgan fingerprint density at radius 1 is 1.17 bits per heavy atom. The highest BCUT2D eigenvalue weighted by Crippen LogP contribution is 2.21. The smallest absolute Gasteiger partial charge is 0.190 e. The second kappa shape index (κ2) is 14.1. The van der Waals surface area contributed by atoms with Crippen molar-refractivity contribution in [1.29, 1.82) is 0 Å². The molecule has 0 saturated carbocycles. The maximum atomic E-state index is 5.65. The van der Waals surface area contributed by atoms with Crippen molar-refractivity contribution in [2.24, 2.45) is 10.4 Å². The lowest BCUT2D eigenvalue weighted by atomic mass is 9.90. The van der Waals surface area contributed by atoms with Crippen LogP contribution in [-0.4, -0.2) is 52.0 Å². The zero-order valence-corrected chi connectivity index (χ0v) is 18.4. The molecule has 0 bridgehead atoms. The Labute approximate surface area is 165 Å². The van der Waals surface area contributed by atoms with Gasteiger partial charge in [-0.1, -0.05) is 27.2 Å². The molecule has 0 aromatic heterocycles. The normalized spacial score (nSPS) is 18.3. The molecule has 1 heterocycles. The summed E-state index contributed by atoms with van der Waals surface area (Å²) in [6.07, 6.45) is 7.33. The first-order valence-corrected chi connectivity index (χ1v) is 9.15. The van der Waals surface area contributed by atoms with E-state index in [4.69, 9.17) is 9.47 Å². The van der Waals surface area contributed by atoms with Crippen LogP contribution in [0.1, 0.15) is 59.3 Å². The van der Waals surface area contributed by atoms with Gasteiger partial charge in [-0.05, 0) is 37.5 Å². The number of nitrogens with one attached hydrogen (secondary N) is 2. The molecule has 6 heteroatoms. The fourth-order valence-electron chi connectivity index (χ4n) is 2.58. The minimum Gasteiger partial charge on any atom is -0.379 e. The highest BCUT2D eigenvalue weighted by atomic mass is 127. The highest BCUT2D eigenvalue weighted by molar-refractivity contribution is 14.0. The van der Waals surface area contributed by atoms with Gasteiger partial charge in [0.05, 0.1) is 12.7 Å². The van der Waals surface area contributed by atoms with Crippen molar-refractivity contribution in [2.45, 2.75) is 65.4 Å². The summed E-state index contributed by atoms with van der Waals surface area (Å²) < 4.78 is 11.2. The Hall–Kier alpha value is -0.0800. The molecule has 24 heavy (non-hydrogen) atoms. The van der Waals surface area contributed by atoms with Crippen molar-refractivity contribution in [3.05, 3.63) is 0 Å². The van der Waals surface area contributed by atoms with E-state index in [1.54, 1.807) is 0 Å². The number of rotatable bonds is 10. The van der Waals surface area contributed by atoms with Crippen molar-refractivity contribution >= 4 is 29.9 Å². The van der Waals surface area contributed by atoms with E-state index in [2.05, 4.69) is 36.4 Å². The molecule has 1 aliphatic rings. The number of hydrogen-bond acceptors (Lipinski definition) is 3. The van der Waals surface area contributed by atoms with Crippen LogP contribution in [0.5, 0.6) is 0 Å². The second-order valence-electron chi connectivity index (χ2n) is 7.51. The Morgan fingerprint density at radius 2 is 1.88 bits per heavy atom. The molecular weight excluding hydrogens is 417 g/mol. The van der Waals surface area contributed by atoms with Gasteiger partial charge in [0.1, 0.15) is 0 Å². The molecule has 1 aliphatic heterocycles. The summed E-state index contributed by atoms with van der Waals surface area (Å²) in [7, 11) is 1.82. The zero-order valence-electron chi connectivity index (χ0n) is 16.0. The maximum absolute atomic E-state index is 5.65. The minimum absolute atomic E-state index is 0. The van der Waals surface area contributed by atoms with E-state index in [-0.39, 0.29) is 24.0 Å². The molecule has 1 fully saturated rings. The van der Waals surface area contributed by atoms with Crippen LogP contribution in [0.15, 0.2) is 4.99 Å². The molecule has 0 aromatic carbocycles. The van der Waals surface area contributed by atoms with Crippen molar-refractivity contribution in [2.75, 3.05) is 40.0 Å². The van der Waals surface area contributed by atoms with Crippen molar-refractivity contribution in [1.82, 2.24) is 10.6 Å². The Balaban J connectivity index is 0.00000529. The van der Waals surface area contributed by atoms with Crippen LogP contribution >= 0.6 is 24.0 Å². The van der Waals surface area contributed by atoms with Crippen molar-refractivity contribution in [3.63, 3.8) is 0 Å². The molecule has 0 spiro atoms. The molecular formula is C18H38IN3O2. The average molecular weight is 455 g/mol. The number of guanidine groups is 1. The quantitative estimate of drug-likeness (QED) is 0.229. The van der Waals surface area contributed by atoms with Gasteiger partial charge in [-0.15, -0.1) is 24.0 Å². The van der Waals surface area contributed by atoms with Crippen LogP contribution in [0.3, 0.4) is 0 Å². The van der Waals surface area contributed by atoms with Gasteiger partial charge in [0, 0.05) is 33.4 Å². The lowest BCUT2D eigenvalue weighted by Crippen LogP contribution is -2.38. The monoisotopic (exact) mass is 455 g/mol. The van der Waals surface area contributed by atoms with Gasteiger partial charge >= 0.3 is 0 Å². The van der Waals surface area contributed by atoms with E-state index >= 15 is 0 Å².